The molecule has 1 atom stereocenters. The fraction of sp³-hybridized carbons (Fsp3) is 0.350. The third-order valence-corrected chi connectivity index (χ3v) is 4.78. The summed E-state index contributed by atoms with van der Waals surface area (Å²) in [5.74, 6) is -0.976. The first-order valence-corrected chi connectivity index (χ1v) is 8.58. The summed E-state index contributed by atoms with van der Waals surface area (Å²) in [6.07, 6.45) is 5.94. The molecule has 1 heterocycles. The molecule has 0 N–H and O–H groups in total. The first kappa shape index (κ1) is 18.7. The highest BCUT2D eigenvalue weighted by molar-refractivity contribution is 6.09. The van der Waals surface area contributed by atoms with Gasteiger partial charge in [0.15, 0.2) is 23.2 Å². The molecular formula is C20H21NO6. The molecule has 0 radical (unpaired) electrons. The first-order chi connectivity index (χ1) is 13.0. The van der Waals surface area contributed by atoms with Gasteiger partial charge < -0.3 is 19.1 Å². The molecule has 1 aliphatic carbocycles. The van der Waals surface area contributed by atoms with Crippen molar-refractivity contribution in [2.24, 2.45) is 5.92 Å². The van der Waals surface area contributed by atoms with Crippen molar-refractivity contribution in [1.82, 2.24) is 4.90 Å². The zero-order valence-electron chi connectivity index (χ0n) is 15.4. The van der Waals surface area contributed by atoms with Crippen molar-refractivity contribution >= 4 is 17.7 Å². The first-order valence-electron chi connectivity index (χ1n) is 8.58. The Morgan fingerprint density at radius 2 is 1.78 bits per heavy atom. The highest BCUT2D eigenvalue weighted by Gasteiger charge is 2.62. The summed E-state index contributed by atoms with van der Waals surface area (Å²) in [6.45, 7) is 2.11. The second-order valence-corrected chi connectivity index (χ2v) is 6.26. The van der Waals surface area contributed by atoms with Crippen molar-refractivity contribution in [3.8, 4) is 11.5 Å². The molecule has 1 saturated heterocycles. The summed E-state index contributed by atoms with van der Waals surface area (Å²) in [6, 6.07) is 5.35. The molecule has 1 amide bonds. The average Bonchev–Trinajstić information content (AvgIpc) is 2.67. The molecule has 1 fully saturated rings. The Hall–Kier alpha value is -3.09. The molecule has 0 saturated carbocycles. The summed E-state index contributed by atoms with van der Waals surface area (Å²) in [5, 5.41) is 0. The zero-order chi connectivity index (χ0) is 19.6. The lowest BCUT2D eigenvalue weighted by Gasteiger charge is -2.54. The van der Waals surface area contributed by atoms with Crippen LogP contribution in [0, 0.1) is 5.92 Å². The van der Waals surface area contributed by atoms with E-state index in [1.54, 1.807) is 43.2 Å². The van der Waals surface area contributed by atoms with Crippen LogP contribution in [-0.2, 0) is 25.7 Å². The van der Waals surface area contributed by atoms with E-state index < -0.39 is 17.4 Å². The number of benzene rings is 1. The number of methoxy groups -OCH3 is 2. The minimum atomic E-state index is -0.996. The maximum atomic E-state index is 12.7. The molecule has 142 valence electrons. The van der Waals surface area contributed by atoms with E-state index in [1.807, 2.05) is 6.07 Å². The molecule has 1 aromatic rings. The largest absolute Gasteiger partial charge is 0.493 e. The number of hydrogen-bond acceptors (Lipinski definition) is 6. The van der Waals surface area contributed by atoms with E-state index in [0.29, 0.717) is 11.5 Å². The standard InChI is InChI=1S/C20H21NO6/c1-4-27-19(24)17-18(23)21(20(17)9-7-14(22)8-10-20)12-13-5-6-15(25-2)16(11-13)26-3/h5-11,17H,4,12H2,1-3H3/t17-/m1/s1. The van der Waals surface area contributed by atoms with Crippen molar-refractivity contribution < 1.29 is 28.6 Å². The molecule has 0 aromatic heterocycles. The summed E-state index contributed by atoms with van der Waals surface area (Å²) in [7, 11) is 3.08. The quantitative estimate of drug-likeness (QED) is 0.430. The number of esters is 1. The number of rotatable bonds is 6. The minimum absolute atomic E-state index is 0.181. The van der Waals surface area contributed by atoms with Gasteiger partial charge in [-0.25, -0.2) is 0 Å². The second kappa shape index (κ2) is 7.26. The van der Waals surface area contributed by atoms with E-state index in [-0.39, 0.29) is 24.8 Å². The van der Waals surface area contributed by atoms with Crippen LogP contribution in [-0.4, -0.2) is 48.9 Å². The number of likely N-dealkylation sites (tertiary alicyclic amines) is 1. The predicted molar refractivity (Wildman–Crippen MR) is 96.2 cm³/mol. The molecule has 7 heteroatoms. The van der Waals surface area contributed by atoms with Gasteiger partial charge in [-0.05, 0) is 48.9 Å². The Balaban J connectivity index is 1.92. The molecule has 2 aliphatic rings. The number of allylic oxidation sites excluding steroid dienone is 2. The lowest BCUT2D eigenvalue weighted by molar-refractivity contribution is -0.177. The summed E-state index contributed by atoms with van der Waals surface area (Å²) < 4.78 is 15.6. The fourth-order valence-electron chi connectivity index (χ4n) is 3.44. The maximum absolute atomic E-state index is 12.7. The molecule has 7 nitrogen and oxygen atoms in total. The van der Waals surface area contributed by atoms with Gasteiger partial charge in [0, 0.05) is 6.54 Å². The number of carbonyl (C=O) groups excluding carboxylic acids is 3. The Kier molecular flexibility index (Phi) is 5.03. The van der Waals surface area contributed by atoms with Crippen molar-refractivity contribution in [2.45, 2.75) is 19.0 Å². The molecule has 1 spiro atoms. The van der Waals surface area contributed by atoms with E-state index >= 15 is 0 Å². The molecule has 27 heavy (non-hydrogen) atoms. The van der Waals surface area contributed by atoms with Gasteiger partial charge in [-0.1, -0.05) is 6.07 Å². The van der Waals surface area contributed by atoms with Crippen LogP contribution in [0.4, 0.5) is 0 Å². The van der Waals surface area contributed by atoms with Crippen LogP contribution in [0.2, 0.25) is 0 Å². The molecular weight excluding hydrogens is 350 g/mol. The van der Waals surface area contributed by atoms with Gasteiger partial charge in [0.1, 0.15) is 5.54 Å². The van der Waals surface area contributed by atoms with E-state index in [4.69, 9.17) is 14.2 Å². The number of ether oxygens (including phenoxy) is 3. The Morgan fingerprint density at radius 1 is 1.11 bits per heavy atom. The number of β-lactam (4-membered cyclic amide) rings is 1. The smallest absolute Gasteiger partial charge is 0.321 e. The summed E-state index contributed by atoms with van der Waals surface area (Å²) in [5.41, 5.74) is -0.189. The van der Waals surface area contributed by atoms with Crippen molar-refractivity contribution in [3.05, 3.63) is 48.1 Å². The molecule has 1 aliphatic heterocycles. The van der Waals surface area contributed by atoms with Gasteiger partial charge >= 0.3 is 5.97 Å². The van der Waals surface area contributed by atoms with Gasteiger partial charge in [-0.3, -0.25) is 14.4 Å². The molecule has 1 aromatic carbocycles. The van der Waals surface area contributed by atoms with Gasteiger partial charge in [-0.2, -0.15) is 0 Å². The van der Waals surface area contributed by atoms with Crippen LogP contribution >= 0.6 is 0 Å². The van der Waals surface area contributed by atoms with Gasteiger partial charge in [0.25, 0.3) is 0 Å². The van der Waals surface area contributed by atoms with E-state index in [9.17, 15) is 14.4 Å². The number of hydrogen-bond donors (Lipinski definition) is 0. The highest BCUT2D eigenvalue weighted by Crippen LogP contribution is 2.44. The number of amides is 1. The van der Waals surface area contributed by atoms with Crippen molar-refractivity contribution in [1.29, 1.82) is 0 Å². The van der Waals surface area contributed by atoms with Crippen LogP contribution in [0.5, 0.6) is 11.5 Å². The normalized spacial score (nSPS) is 19.8. The third-order valence-electron chi connectivity index (χ3n) is 4.78. The zero-order valence-corrected chi connectivity index (χ0v) is 15.4. The Bertz CT molecular complexity index is 825. The fourth-order valence-corrected chi connectivity index (χ4v) is 3.44. The van der Waals surface area contributed by atoms with Crippen LogP contribution in [0.25, 0.3) is 0 Å². The van der Waals surface area contributed by atoms with Crippen LogP contribution in [0.3, 0.4) is 0 Å². The second-order valence-electron chi connectivity index (χ2n) is 6.26. The number of carbonyl (C=O) groups is 3. The lowest BCUT2D eigenvalue weighted by Crippen LogP contribution is -2.71. The van der Waals surface area contributed by atoms with Crippen LogP contribution in [0.15, 0.2) is 42.5 Å². The van der Waals surface area contributed by atoms with Gasteiger partial charge in [0.05, 0.1) is 20.8 Å². The topological polar surface area (TPSA) is 82.1 Å². The molecule has 0 bridgehead atoms. The lowest BCUT2D eigenvalue weighted by atomic mass is 9.70. The number of nitrogens with zero attached hydrogens (tertiary/aromatic N) is 1. The van der Waals surface area contributed by atoms with E-state index in [1.165, 1.54) is 19.3 Å². The average molecular weight is 371 g/mol. The maximum Gasteiger partial charge on any atom is 0.321 e. The molecule has 3 rings (SSSR count). The van der Waals surface area contributed by atoms with Crippen molar-refractivity contribution in [3.63, 3.8) is 0 Å². The summed E-state index contributed by atoms with van der Waals surface area (Å²) >= 11 is 0. The van der Waals surface area contributed by atoms with Gasteiger partial charge in [-0.15, -0.1) is 0 Å². The molecule has 0 unspecified atom stereocenters. The summed E-state index contributed by atoms with van der Waals surface area (Å²) in [4.78, 5) is 38.2. The SMILES string of the molecule is CCOC(=O)[C@H]1C(=O)N(Cc2ccc(OC)c(OC)c2)C12C=CC(=O)C=C2. The van der Waals surface area contributed by atoms with Gasteiger partial charge in [0.2, 0.25) is 5.91 Å². The predicted octanol–water partition coefficient (Wildman–Crippen LogP) is 1.66. The number of ketones is 1. The van der Waals surface area contributed by atoms with Crippen molar-refractivity contribution in [2.75, 3.05) is 20.8 Å². The monoisotopic (exact) mass is 371 g/mol. The van der Waals surface area contributed by atoms with Crippen LogP contribution in [0.1, 0.15) is 12.5 Å². The third kappa shape index (κ3) is 3.09. The minimum Gasteiger partial charge on any atom is -0.493 e. The van der Waals surface area contributed by atoms with E-state index in [0.717, 1.165) is 5.56 Å². The Morgan fingerprint density at radius 3 is 2.37 bits per heavy atom. The van der Waals surface area contributed by atoms with E-state index in [2.05, 4.69) is 0 Å². The highest BCUT2D eigenvalue weighted by atomic mass is 16.5. The Labute approximate surface area is 157 Å². The van der Waals surface area contributed by atoms with Crippen LogP contribution < -0.4 is 9.47 Å².